The number of sulfone groups is 1. The Morgan fingerprint density at radius 1 is 0.973 bits per heavy atom. The van der Waals surface area contributed by atoms with Crippen molar-refractivity contribution in [1.29, 1.82) is 0 Å². The van der Waals surface area contributed by atoms with Crippen molar-refractivity contribution >= 4 is 43.8 Å². The zero-order valence-corrected chi connectivity index (χ0v) is 22.5. The molecule has 0 amide bonds. The molecule has 37 heavy (non-hydrogen) atoms. The van der Waals surface area contributed by atoms with Crippen LogP contribution in [-0.2, 0) is 14.6 Å². The first-order valence-electron chi connectivity index (χ1n) is 12.2. The van der Waals surface area contributed by atoms with Crippen LogP contribution in [0, 0.1) is 6.92 Å². The molecule has 4 aromatic carbocycles. The van der Waals surface area contributed by atoms with Gasteiger partial charge in [-0.25, -0.2) is 8.42 Å². The molecule has 0 bridgehead atoms. The molecule has 0 spiro atoms. The van der Waals surface area contributed by atoms with E-state index in [2.05, 4.69) is 6.07 Å². The molecule has 1 aliphatic carbocycles. The minimum Gasteiger partial charge on any atom is -0.426 e. The second kappa shape index (κ2) is 9.81. The molecule has 0 saturated carbocycles. The summed E-state index contributed by atoms with van der Waals surface area (Å²) < 4.78 is 32.7. The van der Waals surface area contributed by atoms with E-state index in [0.29, 0.717) is 22.1 Å². The highest BCUT2D eigenvalue weighted by Crippen LogP contribution is 2.57. The van der Waals surface area contributed by atoms with Gasteiger partial charge in [0, 0.05) is 28.8 Å². The fourth-order valence-electron chi connectivity index (χ4n) is 5.13. The van der Waals surface area contributed by atoms with Gasteiger partial charge in [0.15, 0.2) is 9.84 Å². The number of carbonyl (C=O) groups excluding carboxylic acids is 1. The molecule has 0 aromatic heterocycles. The quantitative estimate of drug-likeness (QED) is 0.191. The first-order chi connectivity index (χ1) is 17.7. The fraction of sp³-hybridized carbons (Fsp3) is 0.194. The predicted octanol–water partition coefficient (Wildman–Crippen LogP) is 7.51. The zero-order valence-electron chi connectivity index (χ0n) is 20.9. The van der Waals surface area contributed by atoms with Crippen LogP contribution in [0.25, 0.3) is 16.3 Å². The van der Waals surface area contributed by atoms with Gasteiger partial charge in [-0.05, 0) is 65.8 Å². The van der Waals surface area contributed by atoms with Crippen LogP contribution in [0.2, 0.25) is 5.02 Å². The van der Waals surface area contributed by atoms with Crippen molar-refractivity contribution in [2.45, 2.75) is 38.0 Å². The molecule has 1 aliphatic rings. The second-order valence-electron chi connectivity index (χ2n) is 9.41. The SMILES string of the molecule is CC/C(CS(=O)(=O)c1ccc(C)cc1)=C1\c2cc3ccccc3c(OC(C)=O)c2C1c1ccc(Cl)cc1. The summed E-state index contributed by atoms with van der Waals surface area (Å²) in [5.41, 5.74) is 5.60. The lowest BCUT2D eigenvalue weighted by atomic mass is 9.66. The Hall–Kier alpha value is -3.41. The molecule has 0 saturated heterocycles. The van der Waals surface area contributed by atoms with E-state index in [-0.39, 0.29) is 11.7 Å². The molecular formula is C31H27ClO4S. The molecule has 0 heterocycles. The van der Waals surface area contributed by atoms with Crippen LogP contribution in [-0.4, -0.2) is 20.1 Å². The number of ether oxygens (including phenoxy) is 1. The molecule has 6 heteroatoms. The molecule has 1 atom stereocenters. The molecule has 4 nitrogen and oxygen atoms in total. The van der Waals surface area contributed by atoms with Crippen molar-refractivity contribution in [3.8, 4) is 5.75 Å². The summed E-state index contributed by atoms with van der Waals surface area (Å²) in [4.78, 5) is 12.5. The highest BCUT2D eigenvalue weighted by molar-refractivity contribution is 7.91. The topological polar surface area (TPSA) is 60.4 Å². The molecule has 0 fully saturated rings. The van der Waals surface area contributed by atoms with Crippen LogP contribution in [0.1, 0.15) is 48.4 Å². The highest BCUT2D eigenvalue weighted by Gasteiger charge is 2.40. The number of hydrogen-bond acceptors (Lipinski definition) is 4. The standard InChI is InChI=1S/C31H27ClO4S/c1-4-21(18-37(34,35)25-15-9-19(2)10-16-25)28-27-17-23-7-5-6-8-26(23)31(36-20(3)33)30(27)29(28)22-11-13-24(32)14-12-22/h5-17,29H,4,18H2,1-3H3/b28-21-. The van der Waals surface area contributed by atoms with E-state index in [9.17, 15) is 13.2 Å². The van der Waals surface area contributed by atoms with E-state index in [1.807, 2.05) is 74.5 Å². The lowest BCUT2D eigenvalue weighted by Crippen LogP contribution is -2.23. The maximum absolute atomic E-state index is 13.5. The first-order valence-corrected chi connectivity index (χ1v) is 14.2. The largest absolute Gasteiger partial charge is 0.426 e. The summed E-state index contributed by atoms with van der Waals surface area (Å²) in [7, 11) is -3.56. The van der Waals surface area contributed by atoms with Gasteiger partial charge in [-0.15, -0.1) is 0 Å². The summed E-state index contributed by atoms with van der Waals surface area (Å²) in [6.07, 6.45) is 0.569. The van der Waals surface area contributed by atoms with E-state index >= 15 is 0 Å². The average molecular weight is 531 g/mol. The predicted molar refractivity (Wildman–Crippen MR) is 149 cm³/mol. The van der Waals surface area contributed by atoms with Crippen LogP contribution >= 0.6 is 11.6 Å². The van der Waals surface area contributed by atoms with Crippen molar-refractivity contribution < 1.29 is 17.9 Å². The van der Waals surface area contributed by atoms with E-state index in [1.165, 1.54) is 6.92 Å². The third-order valence-corrected chi connectivity index (χ3v) is 8.88. The monoisotopic (exact) mass is 530 g/mol. The number of benzene rings is 4. The fourth-order valence-corrected chi connectivity index (χ4v) is 6.79. The van der Waals surface area contributed by atoms with Gasteiger partial charge in [0.25, 0.3) is 0 Å². The molecule has 4 aromatic rings. The summed E-state index contributed by atoms with van der Waals surface area (Å²) in [6, 6.07) is 24.4. The van der Waals surface area contributed by atoms with E-state index in [4.69, 9.17) is 16.3 Å². The Balaban J connectivity index is 1.75. The summed E-state index contributed by atoms with van der Waals surface area (Å²) in [6.45, 7) is 5.31. The van der Waals surface area contributed by atoms with Gasteiger partial charge < -0.3 is 4.74 Å². The van der Waals surface area contributed by atoms with Gasteiger partial charge >= 0.3 is 5.97 Å². The van der Waals surface area contributed by atoms with Gasteiger partial charge in [-0.2, -0.15) is 0 Å². The molecule has 0 aliphatic heterocycles. The van der Waals surface area contributed by atoms with Gasteiger partial charge in [-0.1, -0.05) is 78.2 Å². The lowest BCUT2D eigenvalue weighted by Gasteiger charge is -2.38. The number of esters is 1. The maximum atomic E-state index is 13.5. The third kappa shape index (κ3) is 4.70. The Bertz CT molecular complexity index is 1650. The summed E-state index contributed by atoms with van der Waals surface area (Å²) >= 11 is 6.19. The number of hydrogen-bond donors (Lipinski definition) is 0. The molecule has 188 valence electrons. The maximum Gasteiger partial charge on any atom is 0.308 e. The molecule has 1 unspecified atom stereocenters. The number of carbonyl (C=O) groups is 1. The number of fused-ring (bicyclic) bond motifs is 2. The minimum atomic E-state index is -3.56. The number of allylic oxidation sites excluding steroid dienone is 1. The third-order valence-electron chi connectivity index (χ3n) is 6.91. The first kappa shape index (κ1) is 25.2. The van der Waals surface area contributed by atoms with Crippen LogP contribution < -0.4 is 4.74 Å². The minimum absolute atomic E-state index is 0.0822. The molecule has 5 rings (SSSR count). The van der Waals surface area contributed by atoms with E-state index in [0.717, 1.165) is 44.2 Å². The van der Waals surface area contributed by atoms with Gasteiger partial charge in [0.2, 0.25) is 0 Å². The van der Waals surface area contributed by atoms with Crippen LogP contribution in [0.5, 0.6) is 5.75 Å². The van der Waals surface area contributed by atoms with E-state index < -0.39 is 15.8 Å². The second-order valence-corrected chi connectivity index (χ2v) is 11.8. The van der Waals surface area contributed by atoms with Gasteiger partial charge in [0.1, 0.15) is 5.75 Å². The Labute approximate surface area is 222 Å². The summed E-state index contributed by atoms with van der Waals surface area (Å²) in [5.74, 6) is -0.194. The van der Waals surface area contributed by atoms with Gasteiger partial charge in [0.05, 0.1) is 10.6 Å². The Morgan fingerprint density at radius 2 is 1.65 bits per heavy atom. The molecular weight excluding hydrogens is 504 g/mol. The van der Waals surface area contributed by atoms with Crippen molar-refractivity contribution in [2.24, 2.45) is 0 Å². The van der Waals surface area contributed by atoms with Crippen LogP contribution in [0.3, 0.4) is 0 Å². The van der Waals surface area contributed by atoms with Crippen molar-refractivity contribution in [3.63, 3.8) is 0 Å². The van der Waals surface area contributed by atoms with Crippen molar-refractivity contribution in [3.05, 3.63) is 112 Å². The van der Waals surface area contributed by atoms with Crippen molar-refractivity contribution in [1.82, 2.24) is 0 Å². The smallest absolute Gasteiger partial charge is 0.308 e. The van der Waals surface area contributed by atoms with Crippen LogP contribution in [0.4, 0.5) is 0 Å². The average Bonchev–Trinajstić information content (AvgIpc) is 2.86. The van der Waals surface area contributed by atoms with Gasteiger partial charge in [-0.3, -0.25) is 4.79 Å². The number of aryl methyl sites for hydroxylation is 1. The Kier molecular flexibility index (Phi) is 6.69. The number of halogens is 1. The zero-order chi connectivity index (χ0) is 26.3. The van der Waals surface area contributed by atoms with Crippen LogP contribution in [0.15, 0.2) is 89.3 Å². The Morgan fingerprint density at radius 3 is 2.30 bits per heavy atom. The summed E-state index contributed by atoms with van der Waals surface area (Å²) in [5, 5.41) is 2.39. The molecule has 0 N–H and O–H groups in total. The lowest BCUT2D eigenvalue weighted by molar-refractivity contribution is -0.131. The van der Waals surface area contributed by atoms with Crippen molar-refractivity contribution in [2.75, 3.05) is 5.75 Å². The molecule has 0 radical (unpaired) electrons. The van der Waals surface area contributed by atoms with E-state index in [1.54, 1.807) is 12.1 Å². The normalized spacial score (nSPS) is 16.2. The highest BCUT2D eigenvalue weighted by atomic mass is 35.5. The number of rotatable bonds is 6.